The van der Waals surface area contributed by atoms with Gasteiger partial charge < -0.3 is 15.0 Å². The monoisotopic (exact) mass is 643 g/mol. The number of anilines is 1. The Morgan fingerprint density at radius 1 is 0.927 bits per heavy atom. The number of carbonyl (C=O) groups excluding carboxylic acids is 2. The second-order valence-electron chi connectivity index (χ2n) is 10.2. The van der Waals surface area contributed by atoms with E-state index in [2.05, 4.69) is 21.2 Å². The molecule has 0 bridgehead atoms. The number of methoxy groups -OCH3 is 1. The van der Waals surface area contributed by atoms with Crippen molar-refractivity contribution in [2.45, 2.75) is 51.7 Å². The molecule has 3 aromatic carbocycles. The third-order valence-corrected chi connectivity index (χ3v) is 8.20. The molecule has 3 aromatic rings. The largest absolute Gasteiger partial charge is 0.497 e. The van der Waals surface area contributed by atoms with Crippen LogP contribution in [0.15, 0.2) is 83.3 Å². The SMILES string of the molecule is COc1ccc(N(CCCC(=O)N(Cc2ccc(Br)cc2)[C@@H](Cc2ccccc2)C(=O)NC(C)C)S(C)(=O)=O)cc1. The van der Waals surface area contributed by atoms with E-state index in [0.29, 0.717) is 17.9 Å². The van der Waals surface area contributed by atoms with Gasteiger partial charge in [-0.25, -0.2) is 8.42 Å². The minimum Gasteiger partial charge on any atom is -0.497 e. The van der Waals surface area contributed by atoms with Crippen LogP contribution in [0.2, 0.25) is 0 Å². The van der Waals surface area contributed by atoms with E-state index < -0.39 is 16.1 Å². The van der Waals surface area contributed by atoms with Crippen molar-refractivity contribution >= 4 is 43.5 Å². The average molecular weight is 645 g/mol. The fraction of sp³-hybridized carbons (Fsp3) is 0.355. The normalized spacial score (nSPS) is 12.0. The van der Waals surface area contributed by atoms with E-state index in [1.807, 2.05) is 68.4 Å². The lowest BCUT2D eigenvalue weighted by atomic mass is 10.0. The molecule has 1 atom stereocenters. The summed E-state index contributed by atoms with van der Waals surface area (Å²) in [6.45, 7) is 4.13. The first-order valence-electron chi connectivity index (χ1n) is 13.5. The van der Waals surface area contributed by atoms with Gasteiger partial charge in [-0.2, -0.15) is 0 Å². The Labute approximate surface area is 251 Å². The van der Waals surface area contributed by atoms with Gasteiger partial charge in [0, 0.05) is 36.4 Å². The molecule has 0 heterocycles. The summed E-state index contributed by atoms with van der Waals surface area (Å²) in [5.74, 6) is 0.159. The zero-order chi connectivity index (χ0) is 30.0. The maximum atomic E-state index is 13.8. The first kappa shape index (κ1) is 32.1. The molecule has 0 aliphatic rings. The minimum absolute atomic E-state index is 0.0684. The number of benzene rings is 3. The average Bonchev–Trinajstić information content (AvgIpc) is 2.93. The van der Waals surface area contributed by atoms with Crippen molar-refractivity contribution in [2.24, 2.45) is 0 Å². The number of hydrogen-bond donors (Lipinski definition) is 1. The predicted octanol–water partition coefficient (Wildman–Crippen LogP) is 5.17. The van der Waals surface area contributed by atoms with E-state index in [9.17, 15) is 18.0 Å². The Morgan fingerprint density at radius 2 is 1.56 bits per heavy atom. The predicted molar refractivity (Wildman–Crippen MR) is 166 cm³/mol. The number of carbonyl (C=O) groups is 2. The Hall–Kier alpha value is -3.37. The number of rotatable bonds is 14. The van der Waals surface area contributed by atoms with Gasteiger partial charge in [0.05, 0.1) is 19.1 Å². The van der Waals surface area contributed by atoms with E-state index >= 15 is 0 Å². The van der Waals surface area contributed by atoms with E-state index in [1.165, 1.54) is 4.31 Å². The molecule has 0 fully saturated rings. The molecule has 0 saturated heterocycles. The second-order valence-corrected chi connectivity index (χ2v) is 13.0. The molecule has 0 aliphatic carbocycles. The molecule has 10 heteroatoms. The summed E-state index contributed by atoms with van der Waals surface area (Å²) in [5.41, 5.74) is 2.31. The Balaban J connectivity index is 1.86. The minimum atomic E-state index is -3.59. The summed E-state index contributed by atoms with van der Waals surface area (Å²) in [6, 6.07) is 23.1. The van der Waals surface area contributed by atoms with Crippen molar-refractivity contribution in [1.82, 2.24) is 10.2 Å². The lowest BCUT2D eigenvalue weighted by Gasteiger charge is -2.32. The molecule has 0 aliphatic heterocycles. The van der Waals surface area contributed by atoms with Gasteiger partial charge in [-0.1, -0.05) is 58.4 Å². The van der Waals surface area contributed by atoms with Crippen molar-refractivity contribution in [2.75, 3.05) is 24.2 Å². The van der Waals surface area contributed by atoms with Crippen LogP contribution in [0.25, 0.3) is 0 Å². The van der Waals surface area contributed by atoms with Crippen LogP contribution in [-0.2, 0) is 32.6 Å². The van der Waals surface area contributed by atoms with Crippen molar-refractivity contribution < 1.29 is 22.7 Å². The molecule has 1 N–H and O–H groups in total. The first-order valence-corrected chi connectivity index (χ1v) is 16.1. The van der Waals surface area contributed by atoms with Gasteiger partial charge in [-0.15, -0.1) is 0 Å². The van der Waals surface area contributed by atoms with Gasteiger partial charge in [0.15, 0.2) is 0 Å². The van der Waals surface area contributed by atoms with Crippen LogP contribution >= 0.6 is 15.9 Å². The van der Waals surface area contributed by atoms with E-state index in [-0.39, 0.29) is 43.8 Å². The maximum Gasteiger partial charge on any atom is 0.243 e. The van der Waals surface area contributed by atoms with Gasteiger partial charge in [0.25, 0.3) is 0 Å². The van der Waals surface area contributed by atoms with Crippen molar-refractivity contribution in [3.05, 3.63) is 94.5 Å². The highest BCUT2D eigenvalue weighted by Crippen LogP contribution is 2.23. The molecule has 0 unspecified atom stereocenters. The van der Waals surface area contributed by atoms with Gasteiger partial charge in [-0.3, -0.25) is 13.9 Å². The molecule has 3 rings (SSSR count). The van der Waals surface area contributed by atoms with Crippen LogP contribution in [0.1, 0.15) is 37.8 Å². The van der Waals surface area contributed by atoms with Gasteiger partial charge in [0.1, 0.15) is 11.8 Å². The highest BCUT2D eigenvalue weighted by molar-refractivity contribution is 9.10. The Morgan fingerprint density at radius 3 is 2.12 bits per heavy atom. The third kappa shape index (κ3) is 9.89. The number of ether oxygens (including phenoxy) is 1. The van der Waals surface area contributed by atoms with E-state index in [4.69, 9.17) is 4.74 Å². The number of amides is 2. The van der Waals surface area contributed by atoms with Crippen molar-refractivity contribution in [3.8, 4) is 5.75 Å². The van der Waals surface area contributed by atoms with Crippen LogP contribution in [0.4, 0.5) is 5.69 Å². The summed E-state index contributed by atoms with van der Waals surface area (Å²) in [6.07, 6.45) is 1.84. The molecule has 41 heavy (non-hydrogen) atoms. The quantitative estimate of drug-likeness (QED) is 0.262. The summed E-state index contributed by atoms with van der Waals surface area (Å²) >= 11 is 3.45. The topological polar surface area (TPSA) is 96.0 Å². The highest BCUT2D eigenvalue weighted by Gasteiger charge is 2.31. The Bertz CT molecular complexity index is 1380. The maximum absolute atomic E-state index is 13.8. The molecular weight excluding hydrogens is 606 g/mol. The number of nitrogens with zero attached hydrogens (tertiary/aromatic N) is 2. The van der Waals surface area contributed by atoms with Gasteiger partial charge >= 0.3 is 0 Å². The summed E-state index contributed by atoms with van der Waals surface area (Å²) in [5, 5.41) is 2.98. The van der Waals surface area contributed by atoms with Crippen LogP contribution in [0, 0.1) is 0 Å². The Kier molecular flexibility index (Phi) is 11.8. The zero-order valence-electron chi connectivity index (χ0n) is 23.9. The number of halogens is 1. The summed E-state index contributed by atoms with van der Waals surface area (Å²) in [7, 11) is -2.05. The number of hydrogen-bond acceptors (Lipinski definition) is 5. The standard InChI is InChI=1S/C31H38BrN3O5S/c1-23(2)33-31(37)29(21-24-9-6-5-7-10-24)34(22-25-12-14-26(32)15-13-25)30(36)11-8-20-35(41(4,38)39)27-16-18-28(40-3)19-17-27/h5-7,9-10,12-19,23,29H,8,11,20-22H2,1-4H3,(H,33,37)/t29-/m0/s1. The lowest BCUT2D eigenvalue weighted by Crippen LogP contribution is -2.51. The van der Waals surface area contributed by atoms with Crippen LogP contribution < -0.4 is 14.4 Å². The zero-order valence-corrected chi connectivity index (χ0v) is 26.3. The first-order chi connectivity index (χ1) is 19.5. The molecular formula is C31H38BrN3O5S. The van der Waals surface area contributed by atoms with Crippen LogP contribution in [0.5, 0.6) is 5.75 Å². The second kappa shape index (κ2) is 15.0. The van der Waals surface area contributed by atoms with Gasteiger partial charge in [0.2, 0.25) is 21.8 Å². The summed E-state index contributed by atoms with van der Waals surface area (Å²) < 4.78 is 32.6. The number of sulfonamides is 1. The number of nitrogens with one attached hydrogen (secondary N) is 1. The smallest absolute Gasteiger partial charge is 0.243 e. The summed E-state index contributed by atoms with van der Waals surface area (Å²) in [4.78, 5) is 28.9. The van der Waals surface area contributed by atoms with Gasteiger partial charge in [-0.05, 0) is 67.8 Å². The highest BCUT2D eigenvalue weighted by atomic mass is 79.9. The van der Waals surface area contributed by atoms with E-state index in [1.54, 1.807) is 36.3 Å². The molecule has 0 radical (unpaired) electrons. The van der Waals surface area contributed by atoms with Crippen molar-refractivity contribution in [1.29, 1.82) is 0 Å². The molecule has 8 nitrogen and oxygen atoms in total. The lowest BCUT2D eigenvalue weighted by molar-refractivity contribution is -0.141. The fourth-order valence-corrected chi connectivity index (χ4v) is 5.70. The molecule has 2 amide bonds. The van der Waals surface area contributed by atoms with E-state index in [0.717, 1.165) is 21.9 Å². The third-order valence-electron chi connectivity index (χ3n) is 6.48. The van der Waals surface area contributed by atoms with Crippen molar-refractivity contribution in [3.63, 3.8) is 0 Å². The molecule has 0 spiro atoms. The molecule has 220 valence electrons. The molecule has 0 aromatic heterocycles. The van der Waals surface area contributed by atoms with Crippen LogP contribution in [-0.4, -0.2) is 57.1 Å². The van der Waals surface area contributed by atoms with Crippen LogP contribution in [0.3, 0.4) is 0 Å². The fourth-order valence-electron chi connectivity index (χ4n) is 4.47. The molecule has 0 saturated carbocycles.